The molecule has 0 radical (unpaired) electrons. The maximum absolute atomic E-state index is 13.3. The minimum absolute atomic E-state index is 0.182. The minimum atomic E-state index is -1.14. The molecule has 2 fully saturated rings. The van der Waals surface area contributed by atoms with Gasteiger partial charge < -0.3 is 20.1 Å². The highest BCUT2D eigenvalue weighted by Gasteiger charge is 2.39. The standard InChI is InChI=1S/C30H35N7O3/c1-4-16-36-28(38)24-17-31-29(32-22-12-8-20(9-13-22)21-10-14-23(15-11-21)35(2)3)34-27(24)37(36)26-7-5-6-25(33-26)30(39)18-40-19-30/h4-9,12-13,17,21,23,39H,1,10-11,14-16,18-19H2,2-3H3,(H,31,32,34)/t21-,23-. The zero-order valence-corrected chi connectivity index (χ0v) is 23.0. The first-order valence-electron chi connectivity index (χ1n) is 13.8. The monoisotopic (exact) mass is 541 g/mol. The van der Waals surface area contributed by atoms with Crippen LogP contribution < -0.4 is 10.9 Å². The number of pyridine rings is 1. The average molecular weight is 542 g/mol. The topological polar surface area (TPSA) is 110 Å². The lowest BCUT2D eigenvalue weighted by molar-refractivity contribution is -0.186. The van der Waals surface area contributed by atoms with E-state index < -0.39 is 5.60 Å². The van der Waals surface area contributed by atoms with E-state index in [0.717, 1.165) is 5.69 Å². The molecule has 1 saturated heterocycles. The number of aromatic nitrogens is 5. The number of ether oxygens (including phenoxy) is 1. The molecule has 10 nitrogen and oxygen atoms in total. The van der Waals surface area contributed by atoms with Gasteiger partial charge in [0.2, 0.25) is 5.95 Å². The highest BCUT2D eigenvalue weighted by atomic mass is 16.5. The van der Waals surface area contributed by atoms with Gasteiger partial charge in [-0.3, -0.25) is 4.79 Å². The Bertz CT molecular complexity index is 1580. The van der Waals surface area contributed by atoms with Crippen LogP contribution in [0.1, 0.15) is 42.9 Å². The van der Waals surface area contributed by atoms with Crippen LogP contribution in [0, 0.1) is 0 Å². The second-order valence-electron chi connectivity index (χ2n) is 11.0. The molecule has 6 rings (SSSR count). The van der Waals surface area contributed by atoms with Crippen molar-refractivity contribution in [3.8, 4) is 5.82 Å². The molecule has 0 bridgehead atoms. The number of fused-ring (bicyclic) bond motifs is 1. The van der Waals surface area contributed by atoms with Gasteiger partial charge in [0.05, 0.1) is 25.5 Å². The fourth-order valence-corrected chi connectivity index (χ4v) is 5.75. The van der Waals surface area contributed by atoms with E-state index in [4.69, 9.17) is 9.72 Å². The van der Waals surface area contributed by atoms with Crippen LogP contribution in [-0.4, -0.2) is 67.7 Å². The van der Waals surface area contributed by atoms with Gasteiger partial charge in [0.15, 0.2) is 17.1 Å². The first-order valence-corrected chi connectivity index (χ1v) is 13.8. The van der Waals surface area contributed by atoms with Gasteiger partial charge in [-0.2, -0.15) is 4.98 Å². The molecule has 4 heterocycles. The van der Waals surface area contributed by atoms with E-state index in [1.807, 2.05) is 0 Å². The Morgan fingerprint density at radius 3 is 2.52 bits per heavy atom. The van der Waals surface area contributed by atoms with Crippen LogP contribution >= 0.6 is 0 Å². The second-order valence-corrected chi connectivity index (χ2v) is 11.0. The third-order valence-electron chi connectivity index (χ3n) is 8.15. The Hall–Kier alpha value is -3.86. The highest BCUT2D eigenvalue weighted by molar-refractivity contribution is 5.77. The van der Waals surface area contributed by atoms with Crippen molar-refractivity contribution in [2.24, 2.45) is 0 Å². The lowest BCUT2D eigenvalue weighted by Gasteiger charge is -2.35. The van der Waals surface area contributed by atoms with Crippen LogP contribution in [0.2, 0.25) is 0 Å². The molecule has 2 aliphatic rings. The molecule has 1 aromatic carbocycles. The van der Waals surface area contributed by atoms with Crippen molar-refractivity contribution in [3.05, 3.63) is 82.9 Å². The maximum Gasteiger partial charge on any atom is 0.278 e. The number of aliphatic hydroxyl groups is 1. The maximum atomic E-state index is 13.3. The molecule has 0 atom stereocenters. The van der Waals surface area contributed by atoms with Crippen molar-refractivity contribution in [3.63, 3.8) is 0 Å². The SMILES string of the molecule is C=CCn1c(=O)c2cnc(Nc3ccc([C@H]4CC[C@H](N(C)C)CC4)cc3)nc2n1-c1cccc(C2(O)COC2)n1. The Balaban J connectivity index is 1.29. The summed E-state index contributed by atoms with van der Waals surface area (Å²) in [6.45, 7) is 4.43. The largest absolute Gasteiger partial charge is 0.379 e. The Labute approximate surface area is 232 Å². The first-order chi connectivity index (χ1) is 19.4. The van der Waals surface area contributed by atoms with E-state index in [-0.39, 0.29) is 25.3 Å². The van der Waals surface area contributed by atoms with E-state index in [0.29, 0.717) is 40.5 Å². The molecule has 1 aliphatic heterocycles. The number of benzene rings is 1. The number of nitrogens with zero attached hydrogens (tertiary/aromatic N) is 6. The third-order valence-corrected chi connectivity index (χ3v) is 8.15. The normalized spacial score (nSPS) is 20.4. The van der Waals surface area contributed by atoms with E-state index >= 15 is 0 Å². The highest BCUT2D eigenvalue weighted by Crippen LogP contribution is 2.35. The summed E-state index contributed by atoms with van der Waals surface area (Å²) in [6, 6.07) is 14.5. The summed E-state index contributed by atoms with van der Waals surface area (Å²) < 4.78 is 8.38. The van der Waals surface area contributed by atoms with Crippen molar-refractivity contribution in [1.29, 1.82) is 0 Å². The Kier molecular flexibility index (Phi) is 6.99. The molecule has 1 aliphatic carbocycles. The summed E-state index contributed by atoms with van der Waals surface area (Å²) >= 11 is 0. The van der Waals surface area contributed by atoms with Gasteiger partial charge in [-0.1, -0.05) is 24.3 Å². The van der Waals surface area contributed by atoms with Crippen molar-refractivity contribution < 1.29 is 9.84 Å². The van der Waals surface area contributed by atoms with Gasteiger partial charge in [-0.15, -0.1) is 6.58 Å². The molecule has 10 heteroatoms. The minimum Gasteiger partial charge on any atom is -0.379 e. The smallest absolute Gasteiger partial charge is 0.278 e. The third kappa shape index (κ3) is 4.83. The molecule has 40 heavy (non-hydrogen) atoms. The fraction of sp³-hybridized carbons (Fsp3) is 0.400. The predicted octanol–water partition coefficient (Wildman–Crippen LogP) is 3.71. The molecule has 3 aromatic heterocycles. The van der Waals surface area contributed by atoms with E-state index in [1.165, 1.54) is 42.1 Å². The van der Waals surface area contributed by atoms with Gasteiger partial charge in [-0.05, 0) is 75.5 Å². The van der Waals surface area contributed by atoms with Gasteiger partial charge >= 0.3 is 0 Å². The van der Waals surface area contributed by atoms with Crippen molar-refractivity contribution >= 4 is 22.7 Å². The molecule has 0 spiro atoms. The van der Waals surface area contributed by atoms with Gasteiger partial charge in [0.25, 0.3) is 5.56 Å². The summed E-state index contributed by atoms with van der Waals surface area (Å²) in [5.74, 6) is 1.42. The van der Waals surface area contributed by atoms with E-state index in [9.17, 15) is 9.90 Å². The van der Waals surface area contributed by atoms with Gasteiger partial charge in [0, 0.05) is 17.9 Å². The summed E-state index contributed by atoms with van der Waals surface area (Å²) in [4.78, 5) is 29.4. The molecule has 1 saturated carbocycles. The van der Waals surface area contributed by atoms with E-state index in [2.05, 4.69) is 65.1 Å². The van der Waals surface area contributed by atoms with Crippen LogP contribution in [0.4, 0.5) is 11.6 Å². The Morgan fingerprint density at radius 1 is 1.12 bits per heavy atom. The summed E-state index contributed by atoms with van der Waals surface area (Å²) in [5.41, 5.74) is 1.75. The first kappa shape index (κ1) is 26.4. The molecular formula is C30H35N7O3. The van der Waals surface area contributed by atoms with Crippen molar-refractivity contribution in [2.45, 2.75) is 49.8 Å². The fourth-order valence-electron chi connectivity index (χ4n) is 5.75. The predicted molar refractivity (Wildman–Crippen MR) is 154 cm³/mol. The van der Waals surface area contributed by atoms with Crippen LogP contribution in [0.5, 0.6) is 0 Å². The van der Waals surface area contributed by atoms with Crippen molar-refractivity contribution in [2.75, 3.05) is 32.6 Å². The van der Waals surface area contributed by atoms with Crippen LogP contribution in [0.15, 0.2) is 66.1 Å². The number of anilines is 2. The molecule has 0 unspecified atom stereocenters. The molecular weight excluding hydrogens is 506 g/mol. The summed E-state index contributed by atoms with van der Waals surface area (Å²) in [5, 5.41) is 14.4. The zero-order chi connectivity index (χ0) is 27.9. The van der Waals surface area contributed by atoms with Crippen LogP contribution in [-0.2, 0) is 16.9 Å². The van der Waals surface area contributed by atoms with Crippen molar-refractivity contribution in [1.82, 2.24) is 29.2 Å². The molecule has 208 valence electrons. The number of hydrogen-bond acceptors (Lipinski definition) is 8. The van der Waals surface area contributed by atoms with E-state index in [1.54, 1.807) is 29.0 Å². The zero-order valence-electron chi connectivity index (χ0n) is 23.0. The summed E-state index contributed by atoms with van der Waals surface area (Å²) in [6.07, 6.45) is 8.04. The number of nitrogens with one attached hydrogen (secondary N) is 1. The van der Waals surface area contributed by atoms with Gasteiger partial charge in [-0.25, -0.2) is 19.3 Å². The quantitative estimate of drug-likeness (QED) is 0.325. The van der Waals surface area contributed by atoms with Crippen LogP contribution in [0.3, 0.4) is 0 Å². The lowest BCUT2D eigenvalue weighted by Crippen LogP contribution is -2.47. The average Bonchev–Trinajstić information content (AvgIpc) is 3.23. The number of rotatable bonds is 8. The summed E-state index contributed by atoms with van der Waals surface area (Å²) in [7, 11) is 4.34. The lowest BCUT2D eigenvalue weighted by atomic mass is 9.81. The Morgan fingerprint density at radius 2 is 1.88 bits per heavy atom. The second kappa shape index (κ2) is 10.6. The molecule has 0 amide bonds. The molecule has 2 N–H and O–H groups in total. The number of hydrogen-bond donors (Lipinski definition) is 2. The molecule has 4 aromatic rings. The van der Waals surface area contributed by atoms with Crippen LogP contribution in [0.25, 0.3) is 16.9 Å². The number of allylic oxidation sites excluding steroid dienone is 1. The van der Waals surface area contributed by atoms with Gasteiger partial charge in [0.1, 0.15) is 5.39 Å².